The number of nitrogens with two attached hydrogens (primary N) is 1. The van der Waals surface area contributed by atoms with Crippen LogP contribution in [-0.4, -0.2) is 4.57 Å². The smallest absolute Gasteiger partial charge is 0.0722 e. The van der Waals surface area contributed by atoms with Crippen molar-refractivity contribution in [2.75, 3.05) is 0 Å². The maximum Gasteiger partial charge on any atom is 0.0722 e. The van der Waals surface area contributed by atoms with Crippen LogP contribution in [0.15, 0.2) is 18.2 Å². The summed E-state index contributed by atoms with van der Waals surface area (Å²) in [4.78, 5) is 0. The fraction of sp³-hybridized carbons (Fsp3) is 0.200. The Bertz CT molecular complexity index is 488. The van der Waals surface area contributed by atoms with Gasteiger partial charge in [0.15, 0.2) is 0 Å². The second-order valence-corrected chi connectivity index (χ2v) is 3.94. The summed E-state index contributed by atoms with van der Waals surface area (Å²) in [5.41, 5.74) is 7.55. The molecule has 0 saturated heterocycles. The third-order valence-electron chi connectivity index (χ3n) is 2.42. The average molecular weight is 229 g/mol. The van der Waals surface area contributed by atoms with Crippen molar-refractivity contribution in [3.8, 4) is 0 Å². The average Bonchev–Trinajstić information content (AvgIpc) is 2.41. The van der Waals surface area contributed by atoms with Crippen molar-refractivity contribution in [1.29, 1.82) is 0 Å². The van der Waals surface area contributed by atoms with Crippen LogP contribution in [0.2, 0.25) is 10.0 Å². The van der Waals surface area contributed by atoms with E-state index in [-0.39, 0.29) is 0 Å². The second-order valence-electron chi connectivity index (χ2n) is 3.16. The van der Waals surface area contributed by atoms with E-state index in [1.165, 1.54) is 0 Å². The molecule has 0 spiro atoms. The molecule has 0 unspecified atom stereocenters. The maximum absolute atomic E-state index is 6.18. The Labute approximate surface area is 92.2 Å². The molecule has 0 aliphatic carbocycles. The normalized spacial score (nSPS) is 11.1. The molecule has 2 nitrogen and oxygen atoms in total. The van der Waals surface area contributed by atoms with E-state index in [0.29, 0.717) is 16.6 Å². The Morgan fingerprint density at radius 2 is 2.07 bits per heavy atom. The molecule has 74 valence electrons. The monoisotopic (exact) mass is 228 g/mol. The maximum atomic E-state index is 6.18. The van der Waals surface area contributed by atoms with Crippen LogP contribution in [0.3, 0.4) is 0 Å². The highest BCUT2D eigenvalue weighted by molar-refractivity contribution is 6.42. The van der Waals surface area contributed by atoms with E-state index in [4.69, 9.17) is 28.9 Å². The molecule has 14 heavy (non-hydrogen) atoms. The summed E-state index contributed by atoms with van der Waals surface area (Å²) in [7, 11) is 1.94. The number of aromatic nitrogens is 1. The van der Waals surface area contributed by atoms with Crippen LogP contribution in [0.1, 0.15) is 5.69 Å². The van der Waals surface area contributed by atoms with Crippen molar-refractivity contribution in [2.24, 2.45) is 12.8 Å². The van der Waals surface area contributed by atoms with Crippen molar-refractivity contribution < 1.29 is 0 Å². The van der Waals surface area contributed by atoms with Crippen LogP contribution in [0.4, 0.5) is 0 Å². The highest BCUT2D eigenvalue weighted by Crippen LogP contribution is 2.34. The van der Waals surface area contributed by atoms with Crippen molar-refractivity contribution in [3.63, 3.8) is 0 Å². The van der Waals surface area contributed by atoms with Gasteiger partial charge in [0.1, 0.15) is 0 Å². The second kappa shape index (κ2) is 3.46. The third kappa shape index (κ3) is 1.22. The van der Waals surface area contributed by atoms with E-state index in [1.54, 1.807) is 0 Å². The number of aryl methyl sites for hydroxylation is 1. The van der Waals surface area contributed by atoms with Crippen molar-refractivity contribution >= 4 is 34.1 Å². The molecule has 4 heteroatoms. The lowest BCUT2D eigenvalue weighted by atomic mass is 10.2. The van der Waals surface area contributed by atoms with Gasteiger partial charge in [-0.05, 0) is 12.1 Å². The molecule has 1 heterocycles. The summed E-state index contributed by atoms with van der Waals surface area (Å²) >= 11 is 12.2. The van der Waals surface area contributed by atoms with Crippen molar-refractivity contribution in [1.82, 2.24) is 4.57 Å². The van der Waals surface area contributed by atoms with Crippen molar-refractivity contribution in [3.05, 3.63) is 33.9 Å². The lowest BCUT2D eigenvalue weighted by molar-refractivity contribution is 0.849. The summed E-state index contributed by atoms with van der Waals surface area (Å²) in [6, 6.07) is 5.71. The molecular formula is C10H10Cl2N2. The van der Waals surface area contributed by atoms with Gasteiger partial charge in [0.25, 0.3) is 0 Å². The van der Waals surface area contributed by atoms with Crippen LogP contribution >= 0.6 is 23.2 Å². The minimum Gasteiger partial charge on any atom is -0.345 e. The standard InChI is InChI=1S/C10H10Cl2N2/c1-14-7-4-2-3-6(11)9(7)10(12)8(14)5-13/h2-4H,5,13H2,1H3. The Morgan fingerprint density at radius 3 is 2.64 bits per heavy atom. The zero-order valence-corrected chi connectivity index (χ0v) is 9.23. The van der Waals surface area contributed by atoms with E-state index < -0.39 is 0 Å². The number of hydrogen-bond acceptors (Lipinski definition) is 1. The lowest BCUT2D eigenvalue weighted by Gasteiger charge is -2.00. The molecule has 1 aromatic carbocycles. The molecular weight excluding hydrogens is 219 g/mol. The van der Waals surface area contributed by atoms with Crippen LogP contribution in [0.5, 0.6) is 0 Å². The summed E-state index contributed by atoms with van der Waals surface area (Å²) in [5.74, 6) is 0. The van der Waals surface area contributed by atoms with E-state index in [2.05, 4.69) is 0 Å². The first kappa shape index (κ1) is 9.84. The Balaban J connectivity index is 2.94. The van der Waals surface area contributed by atoms with Crippen LogP contribution in [-0.2, 0) is 13.6 Å². The predicted octanol–water partition coefficient (Wildman–Crippen LogP) is 2.94. The quantitative estimate of drug-likeness (QED) is 0.800. The van der Waals surface area contributed by atoms with Gasteiger partial charge in [-0.25, -0.2) is 0 Å². The van der Waals surface area contributed by atoms with Gasteiger partial charge in [0, 0.05) is 19.0 Å². The van der Waals surface area contributed by atoms with Gasteiger partial charge < -0.3 is 10.3 Å². The van der Waals surface area contributed by atoms with E-state index >= 15 is 0 Å². The molecule has 0 saturated carbocycles. The molecule has 2 aromatic rings. The Hall–Kier alpha value is -0.700. The number of rotatable bonds is 1. The summed E-state index contributed by atoms with van der Waals surface area (Å²) in [5, 5.41) is 2.22. The van der Waals surface area contributed by atoms with Gasteiger partial charge in [-0.1, -0.05) is 29.3 Å². The topological polar surface area (TPSA) is 30.9 Å². The first-order valence-electron chi connectivity index (χ1n) is 4.28. The first-order valence-corrected chi connectivity index (χ1v) is 5.03. The largest absolute Gasteiger partial charge is 0.345 e. The summed E-state index contributed by atoms with van der Waals surface area (Å²) < 4.78 is 1.98. The zero-order chi connectivity index (χ0) is 10.3. The highest BCUT2D eigenvalue weighted by Gasteiger charge is 2.13. The molecule has 1 aromatic heterocycles. The fourth-order valence-electron chi connectivity index (χ4n) is 1.67. The molecule has 2 rings (SSSR count). The first-order chi connectivity index (χ1) is 6.66. The molecule has 0 aliphatic rings. The van der Waals surface area contributed by atoms with Gasteiger partial charge in [-0.3, -0.25) is 0 Å². The molecule has 0 radical (unpaired) electrons. The molecule has 2 N–H and O–H groups in total. The molecule has 0 atom stereocenters. The number of nitrogens with zero attached hydrogens (tertiary/aromatic N) is 1. The van der Waals surface area contributed by atoms with Crippen LogP contribution in [0.25, 0.3) is 10.9 Å². The minimum absolute atomic E-state index is 0.417. The number of fused-ring (bicyclic) bond motifs is 1. The van der Waals surface area contributed by atoms with Crippen LogP contribution in [0, 0.1) is 0 Å². The summed E-state index contributed by atoms with van der Waals surface area (Å²) in [6.07, 6.45) is 0. The summed E-state index contributed by atoms with van der Waals surface area (Å²) in [6.45, 7) is 0.417. The van der Waals surface area contributed by atoms with Gasteiger partial charge in [-0.15, -0.1) is 0 Å². The zero-order valence-electron chi connectivity index (χ0n) is 7.72. The van der Waals surface area contributed by atoms with Gasteiger partial charge in [0.2, 0.25) is 0 Å². The number of hydrogen-bond donors (Lipinski definition) is 1. The Kier molecular flexibility index (Phi) is 2.43. The number of halogens is 2. The van der Waals surface area contributed by atoms with E-state index in [0.717, 1.165) is 16.6 Å². The fourth-order valence-corrected chi connectivity index (χ4v) is 2.39. The third-order valence-corrected chi connectivity index (χ3v) is 3.15. The SMILES string of the molecule is Cn1c(CN)c(Cl)c2c(Cl)cccc21. The van der Waals surface area contributed by atoms with E-state index in [9.17, 15) is 0 Å². The predicted molar refractivity (Wildman–Crippen MR) is 60.8 cm³/mol. The van der Waals surface area contributed by atoms with E-state index in [1.807, 2.05) is 29.8 Å². The molecule has 0 amide bonds. The Morgan fingerprint density at radius 1 is 1.36 bits per heavy atom. The highest BCUT2D eigenvalue weighted by atomic mass is 35.5. The number of benzene rings is 1. The van der Waals surface area contributed by atoms with Crippen molar-refractivity contribution in [2.45, 2.75) is 6.54 Å². The molecule has 0 aliphatic heterocycles. The lowest BCUT2D eigenvalue weighted by Crippen LogP contribution is -2.03. The molecule has 0 bridgehead atoms. The van der Waals surface area contributed by atoms with Gasteiger partial charge in [-0.2, -0.15) is 0 Å². The minimum atomic E-state index is 0.417. The van der Waals surface area contributed by atoms with Crippen LogP contribution < -0.4 is 5.73 Å². The van der Waals surface area contributed by atoms with Gasteiger partial charge in [0.05, 0.1) is 21.3 Å². The molecule has 0 fully saturated rings. The van der Waals surface area contributed by atoms with Gasteiger partial charge >= 0.3 is 0 Å².